The first kappa shape index (κ1) is 18.4. The maximum absolute atomic E-state index is 12.1. The Balaban J connectivity index is 2.12. The molecule has 0 aliphatic heterocycles. The fourth-order valence-electron chi connectivity index (χ4n) is 1.67. The molecule has 23 heavy (non-hydrogen) atoms. The highest BCUT2D eigenvalue weighted by Crippen LogP contribution is 2.33. The lowest BCUT2D eigenvalue weighted by atomic mass is 10.2. The van der Waals surface area contributed by atoms with Crippen LogP contribution in [-0.4, -0.2) is 11.9 Å². The summed E-state index contributed by atoms with van der Waals surface area (Å²) < 4.78 is 0.505. The molecule has 3 amide bonds. The van der Waals surface area contributed by atoms with Gasteiger partial charge in [-0.3, -0.25) is 10.1 Å². The molecule has 2 rings (SSSR count). The SMILES string of the molecule is O=C(NC(=O)c1c(Cl)cccc1Cl)Nc1cc(Cl)c(Br)c(Cl)c1. The normalized spacial score (nSPS) is 10.3. The van der Waals surface area contributed by atoms with Gasteiger partial charge in [-0.2, -0.15) is 0 Å². The van der Waals surface area contributed by atoms with Crippen LogP contribution in [0.3, 0.4) is 0 Å². The Morgan fingerprint density at radius 1 is 0.913 bits per heavy atom. The minimum Gasteiger partial charge on any atom is -0.308 e. The van der Waals surface area contributed by atoms with Gasteiger partial charge in [0.05, 0.1) is 30.1 Å². The molecule has 2 aromatic rings. The van der Waals surface area contributed by atoms with Crippen LogP contribution in [0.2, 0.25) is 20.1 Å². The molecule has 2 aromatic carbocycles. The van der Waals surface area contributed by atoms with Gasteiger partial charge in [0, 0.05) is 5.69 Å². The maximum atomic E-state index is 12.1. The van der Waals surface area contributed by atoms with Crippen molar-refractivity contribution in [3.63, 3.8) is 0 Å². The predicted molar refractivity (Wildman–Crippen MR) is 97.1 cm³/mol. The highest BCUT2D eigenvalue weighted by Gasteiger charge is 2.17. The maximum Gasteiger partial charge on any atom is 0.326 e. The molecule has 0 aliphatic rings. The summed E-state index contributed by atoms with van der Waals surface area (Å²) in [6, 6.07) is 6.75. The highest BCUT2D eigenvalue weighted by atomic mass is 79.9. The summed E-state index contributed by atoms with van der Waals surface area (Å²) in [5.41, 5.74) is 0.330. The summed E-state index contributed by atoms with van der Waals surface area (Å²) >= 11 is 26.9. The Labute approximate surface area is 160 Å². The smallest absolute Gasteiger partial charge is 0.308 e. The second kappa shape index (κ2) is 7.73. The second-order valence-corrected chi connectivity index (χ2v) is 6.68. The van der Waals surface area contributed by atoms with Crippen molar-refractivity contribution in [2.75, 3.05) is 5.32 Å². The van der Waals surface area contributed by atoms with E-state index >= 15 is 0 Å². The average Bonchev–Trinajstić information content (AvgIpc) is 2.44. The lowest BCUT2D eigenvalue weighted by Crippen LogP contribution is -2.34. The Kier molecular flexibility index (Phi) is 6.17. The zero-order chi connectivity index (χ0) is 17.1. The minimum absolute atomic E-state index is 0.0119. The van der Waals surface area contributed by atoms with E-state index in [1.54, 1.807) is 6.07 Å². The third-order valence-electron chi connectivity index (χ3n) is 2.66. The van der Waals surface area contributed by atoms with E-state index in [9.17, 15) is 9.59 Å². The first-order chi connectivity index (χ1) is 10.8. The number of hydrogen-bond donors (Lipinski definition) is 2. The summed E-state index contributed by atoms with van der Waals surface area (Å²) in [4.78, 5) is 24.0. The van der Waals surface area contributed by atoms with Crippen LogP contribution in [0.4, 0.5) is 10.5 Å². The third-order valence-corrected chi connectivity index (χ3v) is 5.20. The highest BCUT2D eigenvalue weighted by molar-refractivity contribution is 9.10. The summed E-state index contributed by atoms with van der Waals surface area (Å²) in [6.45, 7) is 0. The summed E-state index contributed by atoms with van der Waals surface area (Å²) in [6.07, 6.45) is 0. The Morgan fingerprint density at radius 3 is 1.96 bits per heavy atom. The number of urea groups is 1. The number of benzene rings is 2. The van der Waals surface area contributed by atoms with Crippen LogP contribution in [0.1, 0.15) is 10.4 Å². The molecule has 0 unspecified atom stereocenters. The second-order valence-electron chi connectivity index (χ2n) is 4.26. The minimum atomic E-state index is -0.777. The van der Waals surface area contributed by atoms with Gasteiger partial charge in [0.25, 0.3) is 5.91 Å². The first-order valence-electron chi connectivity index (χ1n) is 6.00. The summed E-state index contributed by atoms with van der Waals surface area (Å²) in [5, 5.41) is 5.47. The van der Waals surface area contributed by atoms with Gasteiger partial charge in [-0.25, -0.2) is 4.79 Å². The van der Waals surface area contributed by atoms with Crippen molar-refractivity contribution in [1.82, 2.24) is 5.32 Å². The molecule has 0 radical (unpaired) electrons. The number of hydrogen-bond acceptors (Lipinski definition) is 2. The zero-order valence-electron chi connectivity index (χ0n) is 11.1. The Hall–Kier alpha value is -0.980. The van der Waals surface area contributed by atoms with Gasteiger partial charge in [0.2, 0.25) is 0 Å². The molecule has 0 saturated carbocycles. The number of halogens is 5. The molecule has 4 nitrogen and oxygen atoms in total. The number of carbonyl (C=O) groups excluding carboxylic acids is 2. The van der Waals surface area contributed by atoms with Gasteiger partial charge in [0.15, 0.2) is 0 Å². The third kappa shape index (κ3) is 4.52. The molecule has 2 N–H and O–H groups in total. The Morgan fingerprint density at radius 2 is 1.43 bits per heavy atom. The zero-order valence-corrected chi connectivity index (χ0v) is 15.7. The molecule has 0 fully saturated rings. The molecular formula is C14H7BrCl4N2O2. The van der Waals surface area contributed by atoms with Crippen molar-refractivity contribution < 1.29 is 9.59 Å². The molecule has 0 spiro atoms. The van der Waals surface area contributed by atoms with Crippen LogP contribution in [-0.2, 0) is 0 Å². The van der Waals surface area contributed by atoms with E-state index in [0.717, 1.165) is 0 Å². The molecule has 0 atom stereocenters. The van der Waals surface area contributed by atoms with Crippen molar-refractivity contribution in [2.24, 2.45) is 0 Å². The summed E-state index contributed by atoms with van der Waals surface area (Å²) in [7, 11) is 0. The van der Waals surface area contributed by atoms with Crippen molar-refractivity contribution in [3.8, 4) is 0 Å². The lowest BCUT2D eigenvalue weighted by molar-refractivity contribution is 0.0967. The van der Waals surface area contributed by atoms with Gasteiger partial charge in [-0.1, -0.05) is 52.5 Å². The van der Waals surface area contributed by atoms with Crippen molar-refractivity contribution in [2.45, 2.75) is 0 Å². The van der Waals surface area contributed by atoms with Crippen molar-refractivity contribution in [3.05, 3.63) is 60.5 Å². The topological polar surface area (TPSA) is 58.2 Å². The van der Waals surface area contributed by atoms with Gasteiger partial charge in [-0.05, 0) is 40.2 Å². The van der Waals surface area contributed by atoms with E-state index in [0.29, 0.717) is 20.2 Å². The van der Waals surface area contributed by atoms with Crippen LogP contribution in [0.15, 0.2) is 34.8 Å². The molecule has 0 saturated heterocycles. The molecule has 9 heteroatoms. The number of anilines is 1. The number of rotatable bonds is 2. The Bertz CT molecular complexity index is 755. The quantitative estimate of drug-likeness (QED) is 0.542. The number of amides is 3. The molecule has 0 aromatic heterocycles. The van der Waals surface area contributed by atoms with E-state index < -0.39 is 11.9 Å². The van der Waals surface area contributed by atoms with Gasteiger partial charge in [-0.15, -0.1) is 0 Å². The van der Waals surface area contributed by atoms with E-state index in [1.807, 2.05) is 0 Å². The summed E-state index contributed by atoms with van der Waals surface area (Å²) in [5.74, 6) is -0.729. The molecule has 120 valence electrons. The van der Waals surface area contributed by atoms with E-state index in [2.05, 4.69) is 26.6 Å². The first-order valence-corrected chi connectivity index (χ1v) is 8.31. The van der Waals surface area contributed by atoms with Crippen LogP contribution in [0, 0.1) is 0 Å². The lowest BCUT2D eigenvalue weighted by Gasteiger charge is -2.10. The van der Waals surface area contributed by atoms with Crippen LogP contribution >= 0.6 is 62.3 Å². The van der Waals surface area contributed by atoms with Crippen LogP contribution < -0.4 is 10.6 Å². The monoisotopic (exact) mass is 454 g/mol. The fourth-order valence-corrected chi connectivity index (χ4v) is 2.96. The largest absolute Gasteiger partial charge is 0.326 e. The predicted octanol–water partition coefficient (Wildman–Crippen LogP) is 6.02. The molecule has 0 heterocycles. The number of carbonyl (C=O) groups is 2. The van der Waals surface area contributed by atoms with Gasteiger partial charge >= 0.3 is 6.03 Å². The fraction of sp³-hybridized carbons (Fsp3) is 0. The van der Waals surface area contributed by atoms with Crippen molar-refractivity contribution >= 4 is 80.0 Å². The van der Waals surface area contributed by atoms with Gasteiger partial charge < -0.3 is 5.32 Å². The number of imide groups is 1. The molecule has 0 bridgehead atoms. The van der Waals surface area contributed by atoms with E-state index in [4.69, 9.17) is 46.4 Å². The number of nitrogens with one attached hydrogen (secondary N) is 2. The van der Waals surface area contributed by atoms with Crippen molar-refractivity contribution in [1.29, 1.82) is 0 Å². The average molecular weight is 457 g/mol. The van der Waals surface area contributed by atoms with Crippen LogP contribution in [0.5, 0.6) is 0 Å². The van der Waals surface area contributed by atoms with Crippen LogP contribution in [0.25, 0.3) is 0 Å². The van der Waals surface area contributed by atoms with E-state index in [-0.39, 0.29) is 15.6 Å². The standard InChI is InChI=1S/C14H7BrCl4N2O2/c15-12-9(18)4-6(5-10(12)19)20-14(23)21-13(22)11-7(16)2-1-3-8(11)17/h1-5H,(H2,20,21,22,23). The molecular weight excluding hydrogens is 450 g/mol. The van der Waals surface area contributed by atoms with E-state index in [1.165, 1.54) is 24.3 Å². The van der Waals surface area contributed by atoms with Gasteiger partial charge in [0.1, 0.15) is 0 Å². The molecule has 0 aliphatic carbocycles.